The molecule has 0 radical (unpaired) electrons. The number of halogens is 1. The van der Waals surface area contributed by atoms with Gasteiger partial charge in [-0.05, 0) is 24.3 Å². The second-order valence-electron chi connectivity index (χ2n) is 6.57. The molecule has 2 aliphatic rings. The van der Waals surface area contributed by atoms with Crippen molar-refractivity contribution in [2.45, 2.75) is 6.54 Å². The number of nitrogens with one attached hydrogen (secondary N) is 1. The smallest absolute Gasteiger partial charge is 0.260 e. The van der Waals surface area contributed by atoms with Gasteiger partial charge in [-0.15, -0.1) is 0 Å². The summed E-state index contributed by atoms with van der Waals surface area (Å²) in [5.74, 6) is 0.0787. The fraction of sp³-hybridized carbons (Fsp3) is 0.300. The summed E-state index contributed by atoms with van der Waals surface area (Å²) < 4.78 is 19.6. The highest BCUT2D eigenvalue weighted by atomic mass is 19.1. The van der Waals surface area contributed by atoms with Crippen molar-refractivity contribution >= 4 is 17.5 Å². The normalized spacial score (nSPS) is 16.1. The lowest BCUT2D eigenvalue weighted by Crippen LogP contribution is -2.50. The lowest BCUT2D eigenvalue weighted by Gasteiger charge is -2.36. The molecule has 2 aliphatic heterocycles. The number of piperazine rings is 1. The summed E-state index contributed by atoms with van der Waals surface area (Å²) in [5.41, 5.74) is 1.95. The molecule has 2 aromatic carbocycles. The predicted molar refractivity (Wildman–Crippen MR) is 98.3 cm³/mol. The molecule has 2 heterocycles. The van der Waals surface area contributed by atoms with Crippen molar-refractivity contribution in [1.29, 1.82) is 0 Å². The van der Waals surface area contributed by atoms with E-state index in [1.165, 1.54) is 6.07 Å². The fourth-order valence-electron chi connectivity index (χ4n) is 3.50. The van der Waals surface area contributed by atoms with Crippen molar-refractivity contribution in [3.63, 3.8) is 0 Å². The maximum atomic E-state index is 13.9. The quantitative estimate of drug-likeness (QED) is 0.893. The average Bonchev–Trinajstić information content (AvgIpc) is 3.08. The van der Waals surface area contributed by atoms with Crippen molar-refractivity contribution in [2.75, 3.05) is 37.7 Å². The molecule has 0 unspecified atom stereocenters. The van der Waals surface area contributed by atoms with Crippen molar-refractivity contribution in [3.05, 3.63) is 59.4 Å². The molecule has 1 N–H and O–H groups in total. The SMILES string of the molecule is O=C1NCc2c(OCC(=O)N3CCN(c4ccccc4F)CC3)cccc21. The Morgan fingerprint density at radius 2 is 1.85 bits per heavy atom. The Bertz CT molecular complexity index is 879. The first-order valence-electron chi connectivity index (χ1n) is 8.93. The van der Waals surface area contributed by atoms with Crippen molar-refractivity contribution in [3.8, 4) is 5.75 Å². The summed E-state index contributed by atoms with van der Waals surface area (Å²) in [6, 6.07) is 11.9. The number of anilines is 1. The van der Waals surface area contributed by atoms with Gasteiger partial charge in [-0.1, -0.05) is 18.2 Å². The van der Waals surface area contributed by atoms with Gasteiger partial charge in [0, 0.05) is 43.9 Å². The van der Waals surface area contributed by atoms with Crippen LogP contribution in [0.5, 0.6) is 5.75 Å². The van der Waals surface area contributed by atoms with E-state index in [2.05, 4.69) is 5.32 Å². The van der Waals surface area contributed by atoms with E-state index in [-0.39, 0.29) is 24.2 Å². The summed E-state index contributed by atoms with van der Waals surface area (Å²) in [6.07, 6.45) is 0. The van der Waals surface area contributed by atoms with Gasteiger partial charge in [0.05, 0.1) is 5.69 Å². The van der Waals surface area contributed by atoms with Gasteiger partial charge in [0.25, 0.3) is 11.8 Å². The number of carbonyl (C=O) groups excluding carboxylic acids is 2. The summed E-state index contributed by atoms with van der Waals surface area (Å²) >= 11 is 0. The monoisotopic (exact) mass is 369 g/mol. The number of fused-ring (bicyclic) bond motifs is 1. The van der Waals surface area contributed by atoms with Crippen LogP contribution in [0.3, 0.4) is 0 Å². The van der Waals surface area contributed by atoms with Gasteiger partial charge in [-0.2, -0.15) is 0 Å². The first-order valence-corrected chi connectivity index (χ1v) is 8.93. The molecule has 140 valence electrons. The van der Waals surface area contributed by atoms with Crippen LogP contribution < -0.4 is 15.0 Å². The number of ether oxygens (including phenoxy) is 1. The Morgan fingerprint density at radius 3 is 2.63 bits per heavy atom. The van der Waals surface area contributed by atoms with Crippen molar-refractivity contribution in [1.82, 2.24) is 10.2 Å². The third-order valence-corrected chi connectivity index (χ3v) is 4.98. The minimum absolute atomic E-state index is 0.0790. The van der Waals surface area contributed by atoms with Gasteiger partial charge in [0.2, 0.25) is 0 Å². The van der Waals surface area contributed by atoms with E-state index in [1.807, 2.05) is 11.0 Å². The number of amides is 2. The molecular formula is C20H20FN3O3. The molecule has 0 aliphatic carbocycles. The predicted octanol–water partition coefficient (Wildman–Crippen LogP) is 1.80. The molecule has 7 heteroatoms. The minimum Gasteiger partial charge on any atom is -0.483 e. The van der Waals surface area contributed by atoms with Gasteiger partial charge in [-0.25, -0.2) is 4.39 Å². The Labute approximate surface area is 156 Å². The third kappa shape index (κ3) is 3.45. The maximum Gasteiger partial charge on any atom is 0.260 e. The summed E-state index contributed by atoms with van der Waals surface area (Å²) in [7, 11) is 0. The molecule has 0 bridgehead atoms. The van der Waals surface area contributed by atoms with Crippen LogP contribution in [0.1, 0.15) is 15.9 Å². The van der Waals surface area contributed by atoms with Gasteiger partial charge < -0.3 is 19.9 Å². The van der Waals surface area contributed by atoms with Crippen LogP contribution in [0.25, 0.3) is 0 Å². The maximum absolute atomic E-state index is 13.9. The molecule has 2 aromatic rings. The highest BCUT2D eigenvalue weighted by Gasteiger charge is 2.25. The van der Waals surface area contributed by atoms with Gasteiger partial charge in [0.1, 0.15) is 11.6 Å². The van der Waals surface area contributed by atoms with Gasteiger partial charge >= 0.3 is 0 Å². The van der Waals surface area contributed by atoms with Crippen LogP contribution >= 0.6 is 0 Å². The molecule has 0 spiro atoms. The molecule has 1 fully saturated rings. The Morgan fingerprint density at radius 1 is 1.07 bits per heavy atom. The van der Waals surface area contributed by atoms with E-state index >= 15 is 0 Å². The van der Waals surface area contributed by atoms with E-state index < -0.39 is 0 Å². The Balaban J connectivity index is 1.33. The average molecular weight is 369 g/mol. The summed E-state index contributed by atoms with van der Waals surface area (Å²) in [6.45, 7) is 2.52. The van der Waals surface area contributed by atoms with E-state index in [9.17, 15) is 14.0 Å². The second kappa shape index (κ2) is 7.26. The standard InChI is InChI=1S/C20H20FN3O3/c21-16-5-1-2-6-17(16)23-8-10-24(11-9-23)19(25)13-27-18-7-3-4-14-15(18)12-22-20(14)26/h1-7H,8-13H2,(H,22,26). The van der Waals surface area contributed by atoms with E-state index in [1.54, 1.807) is 35.2 Å². The first-order chi connectivity index (χ1) is 13.1. The van der Waals surface area contributed by atoms with E-state index in [0.717, 1.165) is 5.56 Å². The van der Waals surface area contributed by atoms with E-state index in [4.69, 9.17) is 4.74 Å². The lowest BCUT2D eigenvalue weighted by atomic mass is 10.1. The van der Waals surface area contributed by atoms with Crippen LogP contribution in [0, 0.1) is 5.82 Å². The number of carbonyl (C=O) groups is 2. The number of rotatable bonds is 4. The first kappa shape index (κ1) is 17.3. The molecule has 0 aromatic heterocycles. The van der Waals surface area contributed by atoms with Gasteiger partial charge in [-0.3, -0.25) is 9.59 Å². The van der Waals surface area contributed by atoms with Gasteiger partial charge in [0.15, 0.2) is 6.61 Å². The molecule has 27 heavy (non-hydrogen) atoms. The second-order valence-corrected chi connectivity index (χ2v) is 6.57. The minimum atomic E-state index is -0.248. The Hall–Kier alpha value is -3.09. The number of hydrogen-bond donors (Lipinski definition) is 1. The third-order valence-electron chi connectivity index (χ3n) is 4.98. The van der Waals surface area contributed by atoms with Crippen LogP contribution in [0.4, 0.5) is 10.1 Å². The topological polar surface area (TPSA) is 61.9 Å². The lowest BCUT2D eigenvalue weighted by molar-refractivity contribution is -0.133. The zero-order valence-corrected chi connectivity index (χ0v) is 14.8. The van der Waals surface area contributed by atoms with Crippen LogP contribution in [0.2, 0.25) is 0 Å². The highest BCUT2D eigenvalue weighted by Crippen LogP contribution is 2.26. The highest BCUT2D eigenvalue weighted by molar-refractivity contribution is 5.99. The summed E-state index contributed by atoms with van der Waals surface area (Å²) in [4.78, 5) is 27.8. The molecule has 4 rings (SSSR count). The number of para-hydroxylation sites is 1. The number of hydrogen-bond acceptors (Lipinski definition) is 4. The molecule has 0 saturated carbocycles. The molecule has 2 amide bonds. The Kier molecular flexibility index (Phi) is 4.66. The van der Waals surface area contributed by atoms with E-state index in [0.29, 0.717) is 49.7 Å². The fourth-order valence-corrected chi connectivity index (χ4v) is 3.50. The molecule has 0 atom stereocenters. The van der Waals surface area contributed by atoms with Crippen LogP contribution in [0.15, 0.2) is 42.5 Å². The molecule has 6 nitrogen and oxygen atoms in total. The number of benzene rings is 2. The molecular weight excluding hydrogens is 349 g/mol. The number of nitrogens with zero attached hydrogens (tertiary/aromatic N) is 2. The summed E-state index contributed by atoms with van der Waals surface area (Å²) in [5, 5.41) is 2.75. The van der Waals surface area contributed by atoms with Crippen LogP contribution in [-0.2, 0) is 11.3 Å². The zero-order chi connectivity index (χ0) is 18.8. The van der Waals surface area contributed by atoms with Crippen molar-refractivity contribution < 1.29 is 18.7 Å². The molecule has 1 saturated heterocycles. The zero-order valence-electron chi connectivity index (χ0n) is 14.8. The van der Waals surface area contributed by atoms with Crippen molar-refractivity contribution in [2.24, 2.45) is 0 Å². The van der Waals surface area contributed by atoms with Crippen LogP contribution in [-0.4, -0.2) is 49.5 Å². The largest absolute Gasteiger partial charge is 0.483 e.